The van der Waals surface area contributed by atoms with Gasteiger partial charge >= 0.3 is 24.7 Å². The Morgan fingerprint density at radius 3 is 1.34 bits per heavy atom. The third kappa shape index (κ3) is 20.9. The molecule has 119 heavy (non-hydrogen) atoms. The number of nitrogens with one attached hydrogen (secondary N) is 6. The van der Waals surface area contributed by atoms with E-state index in [-0.39, 0.29) is 41.3 Å². The number of H-pyrrole nitrogens is 4. The van der Waals surface area contributed by atoms with Gasteiger partial charge in [-0.05, 0) is 94.8 Å². The van der Waals surface area contributed by atoms with Crippen LogP contribution in [-0.2, 0) is 19.2 Å². The number of rotatable bonds is 17. The standard InChI is InChI=1S/C19H17ClF4N6O.C19H18ClF3N6O2.C19H18ClF3N6O.C17H17F3N6O.4H2/c1-29(9-19(22,23)24)18(31)14-3-2-4-30(14)17-13(21)8-27-16(28-17)12-7-26-15-11(12)5-10(20)6-25-15;1-28(9-19(21,22)23)18(31)13-3-2-4-29(13)17-14(30)8-26-16(27-17)12-7-25-15-11(12)5-10(20)6-24-15;1-28(10-19(21,22)23)18(30)14-3-2-6-29(14)15-4-5-24-17(27-15)13-9-26-16-12(13)7-11(20)8-25-16;1-16(2,15(27)24-9-17(18,19)20)26-12-5-7-22-14(25-12)11-8-23-13-10(11)4-3-6-21-13;;;;/h5-8,14H,2-4,9H2,1H3,(H,25,26);5-8,13,30H,2-4,9H2,1H3,(H,24,25);4-5,7-9,14H,2-3,6,10H2,1H3,(H,25,26);3-8H,9H2,1-2H3,(H,21,23)(H,24,27)(H,22,25,26);4*1H/t14-;13-;14-;;;;;/m111...../s1. The highest BCUT2D eigenvalue weighted by Gasteiger charge is 2.43. The normalized spacial score (nSPS) is 15.8. The molecule has 3 saturated heterocycles. The molecule has 29 nitrogen and oxygen atoms in total. The second-order valence-electron chi connectivity index (χ2n) is 28.2. The largest absolute Gasteiger partial charge is 0.503 e. The number of nitrogens with zero attached hydrogens (tertiary/aromatic N) is 18. The first kappa shape index (κ1) is 86.3. The lowest BCUT2D eigenvalue weighted by molar-refractivity contribution is -0.159. The molecule has 3 fully saturated rings. The summed E-state index contributed by atoms with van der Waals surface area (Å²) in [6.45, 7) is -1.30. The highest BCUT2D eigenvalue weighted by molar-refractivity contribution is 6.32. The number of aromatic amines is 4. The van der Waals surface area contributed by atoms with Gasteiger partial charge in [0, 0.05) is 152 Å². The molecule has 0 unspecified atom stereocenters. The Morgan fingerprint density at radius 2 is 0.882 bits per heavy atom. The number of halogens is 16. The van der Waals surface area contributed by atoms with E-state index < -0.39 is 104 Å². The molecule has 15 rings (SSSR count). The predicted molar refractivity (Wildman–Crippen MR) is 423 cm³/mol. The Hall–Kier alpha value is -12.1. The maximum Gasteiger partial charge on any atom is 0.406 e. The van der Waals surface area contributed by atoms with Gasteiger partial charge in [0.2, 0.25) is 23.6 Å². The van der Waals surface area contributed by atoms with Gasteiger partial charge in [0.15, 0.2) is 46.5 Å². The Labute approximate surface area is 686 Å². The van der Waals surface area contributed by atoms with E-state index in [4.69, 9.17) is 34.8 Å². The fourth-order valence-corrected chi connectivity index (χ4v) is 14.1. The van der Waals surface area contributed by atoms with E-state index in [1.165, 1.54) is 67.7 Å². The van der Waals surface area contributed by atoms with Crippen molar-refractivity contribution in [1.29, 1.82) is 0 Å². The summed E-state index contributed by atoms with van der Waals surface area (Å²) in [5, 5.41) is 19.2. The Bertz CT molecular complexity index is 5540. The van der Waals surface area contributed by atoms with E-state index in [2.05, 4.69) is 85.1 Å². The van der Waals surface area contributed by atoms with E-state index in [0.717, 1.165) is 41.5 Å². The molecule has 0 radical (unpaired) electrons. The van der Waals surface area contributed by atoms with Crippen molar-refractivity contribution < 1.29 is 87.1 Å². The highest BCUT2D eigenvalue weighted by Crippen LogP contribution is 2.39. The van der Waals surface area contributed by atoms with Crippen LogP contribution in [0.4, 0.5) is 80.3 Å². The van der Waals surface area contributed by atoms with Crippen LogP contribution in [0.1, 0.15) is 58.1 Å². The van der Waals surface area contributed by atoms with E-state index >= 15 is 0 Å². The number of hydrogen-bond acceptors (Lipinski definition) is 21. The molecular formula is C74H78Cl3F13N24O5. The topological polar surface area (TPSA) is 350 Å². The van der Waals surface area contributed by atoms with Crippen LogP contribution in [0.25, 0.3) is 89.7 Å². The van der Waals surface area contributed by atoms with Crippen molar-refractivity contribution in [3.8, 4) is 51.3 Å². The predicted octanol–water partition coefficient (Wildman–Crippen LogP) is 14.7. The molecule has 3 aliphatic heterocycles. The first-order valence-electron chi connectivity index (χ1n) is 36.1. The fraction of sp³-hybridized carbons (Fsp3) is 0.351. The summed E-state index contributed by atoms with van der Waals surface area (Å²) in [6, 6.07) is 9.45. The molecular weight excluding hydrogens is 1660 g/mol. The van der Waals surface area contributed by atoms with Crippen molar-refractivity contribution >= 4 is 126 Å². The first-order valence-corrected chi connectivity index (χ1v) is 37.2. The van der Waals surface area contributed by atoms with Gasteiger partial charge in [0.25, 0.3) is 0 Å². The van der Waals surface area contributed by atoms with Crippen LogP contribution in [0, 0.1) is 5.82 Å². The smallest absolute Gasteiger partial charge is 0.406 e. The SMILES string of the molecule is CC(C)(Nc1ccnc(-c2c[nH]c3ncccc23)n1)C(=O)NCC(F)(F)F.CN(CC(F)(F)F)C(=O)[C@H]1CCCN1c1ccnc(-c2c[nH]c3ncc(Cl)cc23)n1.CN(CC(F)(F)F)C(=O)[C@H]1CCCN1c1nc(-c2c[nH]c3ncc(Cl)cc23)ncc1F.CN(CC(F)(F)F)C(=O)[C@H]1CCCN1c1nc(-c2c[nH]c3ncc(Cl)cc23)ncc1O.[HH].[HH].[HH].[HH]. The summed E-state index contributed by atoms with van der Waals surface area (Å²) in [7, 11) is 3.36. The second-order valence-corrected chi connectivity index (χ2v) is 29.5. The number of likely N-dealkylation sites (N-methyl/N-ethyl adjacent to an activating group) is 3. The van der Waals surface area contributed by atoms with Gasteiger partial charge in [-0.3, -0.25) is 19.2 Å². The molecule has 15 heterocycles. The maximum atomic E-state index is 14.6. The quantitative estimate of drug-likeness (QED) is 0.0416. The summed E-state index contributed by atoms with van der Waals surface area (Å²) < 4.78 is 166. The van der Waals surface area contributed by atoms with Gasteiger partial charge in [-0.1, -0.05) is 34.8 Å². The average Bonchev–Trinajstić information content (AvgIpc) is 1.68. The Kier molecular flexibility index (Phi) is 25.5. The zero-order valence-electron chi connectivity index (χ0n) is 63.1. The molecule has 3 atom stereocenters. The number of hydrogen-bond donors (Lipinski definition) is 7. The van der Waals surface area contributed by atoms with Crippen molar-refractivity contribution in [1.82, 2.24) is 99.8 Å². The molecule has 0 aromatic carbocycles. The zero-order chi connectivity index (χ0) is 85.8. The van der Waals surface area contributed by atoms with Crippen LogP contribution < -0.4 is 25.3 Å². The van der Waals surface area contributed by atoms with Gasteiger partial charge in [0.05, 0.1) is 27.5 Å². The molecule has 636 valence electrons. The minimum atomic E-state index is -4.52. The van der Waals surface area contributed by atoms with Crippen molar-refractivity contribution in [2.24, 2.45) is 0 Å². The lowest BCUT2D eigenvalue weighted by Gasteiger charge is -2.29. The molecule has 4 amide bonds. The van der Waals surface area contributed by atoms with Crippen molar-refractivity contribution in [2.75, 3.05) is 87.0 Å². The molecule has 12 aromatic rings. The van der Waals surface area contributed by atoms with E-state index in [1.54, 1.807) is 72.4 Å². The number of aromatic hydroxyl groups is 1. The summed E-state index contributed by atoms with van der Waals surface area (Å²) in [5.41, 5.74) is 3.65. The number of pyridine rings is 4. The third-order valence-electron chi connectivity index (χ3n) is 19.0. The van der Waals surface area contributed by atoms with Gasteiger partial charge < -0.3 is 65.1 Å². The van der Waals surface area contributed by atoms with Crippen LogP contribution in [0.5, 0.6) is 5.75 Å². The van der Waals surface area contributed by atoms with Crippen LogP contribution >= 0.6 is 34.8 Å². The van der Waals surface area contributed by atoms with Gasteiger partial charge in [-0.15, -0.1) is 0 Å². The number of aromatic nitrogens is 16. The number of alkyl halides is 12. The van der Waals surface area contributed by atoms with Crippen LogP contribution in [0.15, 0.2) is 117 Å². The number of anilines is 4. The third-order valence-corrected chi connectivity index (χ3v) is 19.6. The number of carbonyl (C=O) groups is 4. The van der Waals surface area contributed by atoms with Crippen molar-refractivity contribution in [3.05, 3.63) is 138 Å². The summed E-state index contributed by atoms with van der Waals surface area (Å²) in [5.74, 6) is -1.84. The number of fused-ring (bicyclic) bond motifs is 4. The van der Waals surface area contributed by atoms with E-state index in [9.17, 15) is 81.4 Å². The van der Waals surface area contributed by atoms with Gasteiger partial charge in [-0.2, -0.15) is 52.7 Å². The molecule has 45 heteroatoms. The first-order chi connectivity index (χ1) is 56.2. The molecule has 0 saturated carbocycles. The van der Waals surface area contributed by atoms with Crippen LogP contribution in [0.3, 0.4) is 0 Å². The monoisotopic (exact) mass is 1730 g/mol. The molecule has 0 aliphatic carbocycles. The highest BCUT2D eigenvalue weighted by atomic mass is 35.5. The van der Waals surface area contributed by atoms with Crippen molar-refractivity contribution in [2.45, 2.75) is 101 Å². The second kappa shape index (κ2) is 35.2. The van der Waals surface area contributed by atoms with Crippen molar-refractivity contribution in [3.63, 3.8) is 0 Å². The zero-order valence-corrected chi connectivity index (χ0v) is 65.3. The van der Waals surface area contributed by atoms with Crippen LogP contribution in [-0.4, -0.2) is 239 Å². The summed E-state index contributed by atoms with van der Waals surface area (Å²) in [6.07, 6.45) is 3.03. The average molecular weight is 1740 g/mol. The fourth-order valence-electron chi connectivity index (χ4n) is 13.7. The molecule has 0 spiro atoms. The van der Waals surface area contributed by atoms with E-state index in [1.807, 2.05) is 11.4 Å². The molecule has 3 aliphatic rings. The minimum absolute atomic E-state index is 0. The molecule has 0 bridgehead atoms. The number of amides is 4. The van der Waals surface area contributed by atoms with Gasteiger partial charge in [0.1, 0.15) is 84.1 Å². The Balaban J connectivity index is 0.000000202. The molecule has 7 N–H and O–H groups in total. The lowest BCUT2D eigenvalue weighted by atomic mass is 10.0. The number of carbonyl (C=O) groups excluding carboxylic acids is 4. The maximum absolute atomic E-state index is 14.6. The lowest BCUT2D eigenvalue weighted by Crippen LogP contribution is -2.50. The Morgan fingerprint density at radius 1 is 0.487 bits per heavy atom. The summed E-state index contributed by atoms with van der Waals surface area (Å²) >= 11 is 18.1. The van der Waals surface area contributed by atoms with Crippen LogP contribution in [0.2, 0.25) is 15.1 Å². The molecule has 12 aromatic heterocycles. The minimum Gasteiger partial charge on any atom is -0.503 e. The van der Waals surface area contributed by atoms with E-state index in [0.29, 0.717) is 150 Å². The van der Waals surface area contributed by atoms with Gasteiger partial charge in [-0.25, -0.2) is 64.2 Å². The summed E-state index contributed by atoms with van der Waals surface area (Å²) in [4.78, 5) is 120.